The molecule has 7 heteroatoms. The molecule has 0 radical (unpaired) electrons. The molecule has 0 heterocycles. The van der Waals surface area contributed by atoms with E-state index >= 15 is 0 Å². The highest BCUT2D eigenvalue weighted by Gasteiger charge is 2.41. The first-order valence-corrected chi connectivity index (χ1v) is 10.5. The first-order chi connectivity index (χ1) is 13.8. The highest BCUT2D eigenvalue weighted by atomic mass is 32.2. The van der Waals surface area contributed by atoms with Gasteiger partial charge >= 0.3 is 0 Å². The van der Waals surface area contributed by atoms with Crippen molar-refractivity contribution in [2.45, 2.75) is 23.5 Å². The number of rotatable bonds is 7. The van der Waals surface area contributed by atoms with E-state index in [1.165, 1.54) is 20.3 Å². The van der Waals surface area contributed by atoms with Crippen molar-refractivity contribution in [3.05, 3.63) is 71.8 Å². The Hall–Kier alpha value is -2.45. The van der Waals surface area contributed by atoms with Crippen LogP contribution >= 0.6 is 0 Å². The van der Waals surface area contributed by atoms with Crippen LogP contribution in [-0.2, 0) is 25.4 Å². The molecule has 154 valence electrons. The van der Waals surface area contributed by atoms with Crippen LogP contribution in [-0.4, -0.2) is 34.3 Å². The van der Waals surface area contributed by atoms with E-state index in [1.807, 2.05) is 36.4 Å². The number of ether oxygens (including phenoxy) is 3. The number of benzene rings is 3. The summed E-state index contributed by atoms with van der Waals surface area (Å²) in [6.07, 6.45) is 0. The van der Waals surface area contributed by atoms with Crippen molar-refractivity contribution >= 4 is 20.9 Å². The maximum atomic E-state index is 11.9. The SMILES string of the molecule is COc1ccc2cc(C(OC)(OC)[C@@H](C)c3ccccc3S(=O)(=O)O)ccc2c1. The maximum absolute atomic E-state index is 11.9. The standard InChI is InChI=1S/C22H24O6S/c1-15(20-7-5-6-8-21(20)29(23,24)25)22(27-3,28-4)18-11-9-17-14-19(26-2)12-10-16(17)13-18/h5-15H,1-4H3,(H,23,24,25)/t15-/m0/s1. The van der Waals surface area contributed by atoms with Crippen LogP contribution in [0, 0.1) is 0 Å². The summed E-state index contributed by atoms with van der Waals surface area (Å²) in [5, 5.41) is 1.94. The largest absolute Gasteiger partial charge is 0.497 e. The van der Waals surface area contributed by atoms with Gasteiger partial charge < -0.3 is 14.2 Å². The second kappa shape index (κ2) is 8.12. The fourth-order valence-electron chi connectivity index (χ4n) is 3.77. The van der Waals surface area contributed by atoms with E-state index in [2.05, 4.69) is 0 Å². The van der Waals surface area contributed by atoms with E-state index in [1.54, 1.807) is 32.2 Å². The Morgan fingerprint density at radius 1 is 0.897 bits per heavy atom. The molecule has 0 aliphatic heterocycles. The molecule has 6 nitrogen and oxygen atoms in total. The minimum atomic E-state index is -4.40. The van der Waals surface area contributed by atoms with Crippen molar-refractivity contribution in [2.75, 3.05) is 21.3 Å². The molecule has 0 saturated carbocycles. The topological polar surface area (TPSA) is 82.1 Å². The zero-order chi connectivity index (χ0) is 21.2. The molecule has 0 spiro atoms. The Morgan fingerprint density at radius 3 is 2.14 bits per heavy atom. The lowest BCUT2D eigenvalue weighted by Crippen LogP contribution is -2.37. The molecular weight excluding hydrogens is 392 g/mol. The van der Waals surface area contributed by atoms with Gasteiger partial charge in [-0.25, -0.2) is 0 Å². The van der Waals surface area contributed by atoms with Crippen LogP contribution < -0.4 is 4.74 Å². The highest BCUT2D eigenvalue weighted by Crippen LogP contribution is 2.43. The summed E-state index contributed by atoms with van der Waals surface area (Å²) in [4.78, 5) is -0.170. The summed E-state index contributed by atoms with van der Waals surface area (Å²) in [5.74, 6) is -1.06. The molecular formula is C22H24O6S. The van der Waals surface area contributed by atoms with Crippen LogP contribution in [0.2, 0.25) is 0 Å². The third kappa shape index (κ3) is 3.86. The molecule has 0 fully saturated rings. The summed E-state index contributed by atoms with van der Waals surface area (Å²) in [6, 6.07) is 17.8. The van der Waals surface area contributed by atoms with Gasteiger partial charge in [0.15, 0.2) is 0 Å². The minimum absolute atomic E-state index is 0.170. The summed E-state index contributed by atoms with van der Waals surface area (Å²) < 4.78 is 50.4. The van der Waals surface area contributed by atoms with Crippen LogP contribution in [0.4, 0.5) is 0 Å². The molecule has 3 rings (SSSR count). The van der Waals surface area contributed by atoms with E-state index in [9.17, 15) is 13.0 Å². The Kier molecular flexibility index (Phi) is 5.95. The normalized spacial score (nSPS) is 13.4. The maximum Gasteiger partial charge on any atom is 0.294 e. The minimum Gasteiger partial charge on any atom is -0.497 e. The third-order valence-corrected chi connectivity index (χ3v) is 6.22. The van der Waals surface area contributed by atoms with Gasteiger partial charge in [-0.15, -0.1) is 0 Å². The smallest absolute Gasteiger partial charge is 0.294 e. The molecule has 1 N–H and O–H groups in total. The summed E-state index contributed by atoms with van der Waals surface area (Å²) in [7, 11) is 0.227. The fourth-order valence-corrected chi connectivity index (χ4v) is 4.56. The Bertz CT molecular complexity index is 1120. The Balaban J connectivity index is 2.17. The molecule has 0 bridgehead atoms. The molecule has 29 heavy (non-hydrogen) atoms. The van der Waals surface area contributed by atoms with Crippen molar-refractivity contribution in [1.29, 1.82) is 0 Å². The molecule has 0 aliphatic rings. The van der Waals surface area contributed by atoms with E-state index in [0.717, 1.165) is 22.1 Å². The van der Waals surface area contributed by atoms with Crippen LogP contribution in [0.3, 0.4) is 0 Å². The van der Waals surface area contributed by atoms with Crippen molar-refractivity contribution < 1.29 is 27.2 Å². The fraction of sp³-hybridized carbons (Fsp3) is 0.273. The van der Waals surface area contributed by atoms with Gasteiger partial charge in [0.25, 0.3) is 10.1 Å². The van der Waals surface area contributed by atoms with Gasteiger partial charge in [-0.1, -0.05) is 43.3 Å². The molecule has 0 saturated heterocycles. The predicted octanol–water partition coefficient (Wildman–Crippen LogP) is 4.34. The number of hydrogen-bond acceptors (Lipinski definition) is 5. The van der Waals surface area contributed by atoms with Crippen molar-refractivity contribution in [2.24, 2.45) is 0 Å². The average molecular weight is 416 g/mol. The Labute approximate surface area is 170 Å². The van der Waals surface area contributed by atoms with Gasteiger partial charge in [-0.2, -0.15) is 8.42 Å². The molecule has 3 aromatic rings. The molecule has 0 amide bonds. The van der Waals surface area contributed by atoms with Gasteiger partial charge in [0.05, 0.1) is 12.0 Å². The van der Waals surface area contributed by atoms with Gasteiger partial charge in [-0.05, 0) is 40.6 Å². The van der Waals surface area contributed by atoms with E-state index < -0.39 is 21.8 Å². The second-order valence-electron chi connectivity index (χ2n) is 6.74. The van der Waals surface area contributed by atoms with Crippen LogP contribution in [0.5, 0.6) is 5.75 Å². The zero-order valence-corrected chi connectivity index (χ0v) is 17.6. The number of fused-ring (bicyclic) bond motifs is 1. The molecule has 0 unspecified atom stereocenters. The van der Waals surface area contributed by atoms with Gasteiger partial charge in [-0.3, -0.25) is 4.55 Å². The summed E-state index contributed by atoms with van der Waals surface area (Å²) in [6.45, 7) is 1.80. The van der Waals surface area contributed by atoms with Crippen molar-refractivity contribution in [3.8, 4) is 5.75 Å². The molecule has 3 aromatic carbocycles. The third-order valence-electron chi connectivity index (χ3n) is 5.29. The van der Waals surface area contributed by atoms with Crippen LogP contribution in [0.1, 0.15) is 24.0 Å². The number of hydrogen-bond donors (Lipinski definition) is 1. The second-order valence-corrected chi connectivity index (χ2v) is 8.13. The highest BCUT2D eigenvalue weighted by molar-refractivity contribution is 7.85. The van der Waals surface area contributed by atoms with Crippen LogP contribution in [0.15, 0.2) is 65.6 Å². The molecule has 1 atom stereocenters. The predicted molar refractivity (Wildman–Crippen MR) is 111 cm³/mol. The molecule has 0 aromatic heterocycles. The van der Waals surface area contributed by atoms with Gasteiger partial charge in [0, 0.05) is 25.7 Å². The lowest BCUT2D eigenvalue weighted by molar-refractivity contribution is -0.229. The van der Waals surface area contributed by atoms with Gasteiger partial charge in [0.2, 0.25) is 5.79 Å². The quantitative estimate of drug-likeness (QED) is 0.456. The van der Waals surface area contributed by atoms with E-state index in [-0.39, 0.29) is 4.90 Å². The van der Waals surface area contributed by atoms with E-state index in [0.29, 0.717) is 5.56 Å². The Morgan fingerprint density at radius 2 is 1.52 bits per heavy atom. The first kappa shape index (κ1) is 21.3. The van der Waals surface area contributed by atoms with E-state index in [4.69, 9.17) is 14.2 Å². The monoisotopic (exact) mass is 416 g/mol. The molecule has 0 aliphatic carbocycles. The average Bonchev–Trinajstić information content (AvgIpc) is 2.73. The van der Waals surface area contributed by atoms with Gasteiger partial charge in [0.1, 0.15) is 5.75 Å². The first-order valence-electron chi connectivity index (χ1n) is 9.02. The lowest BCUT2D eigenvalue weighted by atomic mass is 9.86. The summed E-state index contributed by atoms with van der Waals surface area (Å²) >= 11 is 0. The number of methoxy groups -OCH3 is 3. The zero-order valence-electron chi connectivity index (χ0n) is 16.7. The lowest BCUT2D eigenvalue weighted by Gasteiger charge is -2.37. The van der Waals surface area contributed by atoms with Crippen molar-refractivity contribution in [3.63, 3.8) is 0 Å². The van der Waals surface area contributed by atoms with Crippen LogP contribution in [0.25, 0.3) is 10.8 Å². The van der Waals surface area contributed by atoms with Crippen molar-refractivity contribution in [1.82, 2.24) is 0 Å². The summed E-state index contributed by atoms with van der Waals surface area (Å²) in [5.41, 5.74) is 1.12.